The van der Waals surface area contributed by atoms with Crippen LogP contribution in [0.5, 0.6) is 0 Å². The van der Waals surface area contributed by atoms with Crippen LogP contribution in [0.25, 0.3) is 0 Å². The molecule has 2 rings (SSSR count). The van der Waals surface area contributed by atoms with E-state index in [0.717, 1.165) is 51.4 Å². The molecule has 0 aromatic heterocycles. The molecule has 4 heteroatoms. The first kappa shape index (κ1) is 33.4. The summed E-state index contributed by atoms with van der Waals surface area (Å²) in [5.74, 6) is 0.420. The van der Waals surface area contributed by atoms with Crippen molar-refractivity contribution >= 4 is 17.3 Å². The van der Waals surface area contributed by atoms with Gasteiger partial charge in [-0.05, 0) is 92.3 Å². The van der Waals surface area contributed by atoms with Crippen LogP contribution < -0.4 is 0 Å². The predicted molar refractivity (Wildman–Crippen MR) is 160 cm³/mol. The number of carbonyl (C=O) groups excluding carboxylic acids is 3. The number of Topliss-reactive ketones (excluding diaryl/α,β-unsaturated/α-hetero) is 3. The Morgan fingerprint density at radius 1 is 0.974 bits per heavy atom. The molecule has 0 radical (unpaired) electrons. The summed E-state index contributed by atoms with van der Waals surface area (Å²) >= 11 is 0. The Hall–Kier alpha value is -1.76. The second-order valence-electron chi connectivity index (χ2n) is 16.0. The highest BCUT2D eigenvalue weighted by molar-refractivity contribution is 6.04. The minimum absolute atomic E-state index is 0.000883. The molecule has 0 bridgehead atoms. The average Bonchev–Trinajstić information content (AvgIpc) is 2.81. The van der Waals surface area contributed by atoms with Gasteiger partial charge in [-0.15, -0.1) is 0 Å². The number of nitrogens with zero attached hydrogens (tertiary/aromatic N) is 1. The van der Waals surface area contributed by atoms with Gasteiger partial charge in [-0.25, -0.2) is 0 Å². The minimum atomic E-state index is -0.645. The summed E-state index contributed by atoms with van der Waals surface area (Å²) in [5.41, 5.74) is -1.33. The van der Waals surface area contributed by atoms with Crippen molar-refractivity contribution in [1.29, 1.82) is 5.26 Å². The SMILES string of the molecule is CCCC(C)(C)CC[C@@](C)(CCC(C)(C)[C@]1(C)CC[C@H]2C(C)(C)C(=O)C(C#N)=C[C@]2(C)[C@H]1CC(C)=O)C(C)=O. The number of nitriles is 1. The van der Waals surface area contributed by atoms with Crippen LogP contribution in [0.3, 0.4) is 0 Å². The van der Waals surface area contributed by atoms with Crippen molar-refractivity contribution < 1.29 is 14.4 Å². The van der Waals surface area contributed by atoms with E-state index in [2.05, 4.69) is 61.5 Å². The minimum Gasteiger partial charge on any atom is -0.300 e. The summed E-state index contributed by atoms with van der Waals surface area (Å²) in [6.07, 6.45) is 10.1. The molecule has 0 aliphatic heterocycles. The lowest BCUT2D eigenvalue weighted by Gasteiger charge is -2.64. The van der Waals surface area contributed by atoms with Crippen molar-refractivity contribution in [2.45, 2.75) is 141 Å². The molecule has 1 fully saturated rings. The van der Waals surface area contributed by atoms with Gasteiger partial charge in [0.15, 0.2) is 5.78 Å². The van der Waals surface area contributed by atoms with Crippen LogP contribution in [0.4, 0.5) is 0 Å². The first-order valence-corrected chi connectivity index (χ1v) is 15.3. The lowest BCUT2D eigenvalue weighted by Crippen LogP contribution is -2.60. The van der Waals surface area contributed by atoms with Gasteiger partial charge in [0.2, 0.25) is 0 Å². The summed E-state index contributed by atoms with van der Waals surface area (Å²) in [6.45, 7) is 25.6. The molecule has 0 N–H and O–H groups in total. The maximum absolute atomic E-state index is 13.2. The van der Waals surface area contributed by atoms with Crippen molar-refractivity contribution in [1.82, 2.24) is 0 Å². The summed E-state index contributed by atoms with van der Waals surface area (Å²) < 4.78 is 0. The fourth-order valence-electron chi connectivity index (χ4n) is 8.47. The van der Waals surface area contributed by atoms with Crippen LogP contribution in [0.2, 0.25) is 0 Å². The number of carbonyl (C=O) groups is 3. The van der Waals surface area contributed by atoms with E-state index in [1.54, 1.807) is 13.8 Å². The van der Waals surface area contributed by atoms with Gasteiger partial charge >= 0.3 is 0 Å². The van der Waals surface area contributed by atoms with Crippen molar-refractivity contribution in [2.75, 3.05) is 0 Å². The van der Waals surface area contributed by atoms with Crippen LogP contribution >= 0.6 is 0 Å². The summed E-state index contributed by atoms with van der Waals surface area (Å²) in [4.78, 5) is 39.0. The molecule has 0 amide bonds. The largest absolute Gasteiger partial charge is 0.300 e. The Bertz CT molecular complexity index is 1040. The van der Waals surface area contributed by atoms with Gasteiger partial charge in [-0.1, -0.05) is 81.7 Å². The molecule has 0 aromatic rings. The molecule has 5 atom stereocenters. The van der Waals surface area contributed by atoms with Crippen molar-refractivity contribution in [3.8, 4) is 6.07 Å². The van der Waals surface area contributed by atoms with Gasteiger partial charge in [0, 0.05) is 17.3 Å². The Balaban J connectivity index is 2.49. The summed E-state index contributed by atoms with van der Waals surface area (Å²) in [7, 11) is 0. The monoisotopic (exact) mass is 539 g/mol. The van der Waals surface area contributed by atoms with E-state index >= 15 is 0 Å². The van der Waals surface area contributed by atoms with E-state index in [1.807, 2.05) is 19.9 Å². The lowest BCUT2D eigenvalue weighted by molar-refractivity contribution is -0.156. The molecule has 1 saturated carbocycles. The van der Waals surface area contributed by atoms with Gasteiger partial charge < -0.3 is 4.79 Å². The fraction of sp³-hybridized carbons (Fsp3) is 0.829. The van der Waals surface area contributed by atoms with Crippen LogP contribution in [-0.4, -0.2) is 17.3 Å². The van der Waals surface area contributed by atoms with E-state index in [0.29, 0.717) is 6.42 Å². The Kier molecular flexibility index (Phi) is 9.65. The van der Waals surface area contributed by atoms with E-state index in [-0.39, 0.29) is 56.4 Å². The van der Waals surface area contributed by atoms with Gasteiger partial charge in [0.05, 0.1) is 5.57 Å². The van der Waals surface area contributed by atoms with Gasteiger partial charge in [-0.3, -0.25) is 9.59 Å². The maximum atomic E-state index is 13.2. The first-order chi connectivity index (χ1) is 17.6. The smallest absolute Gasteiger partial charge is 0.178 e. The van der Waals surface area contributed by atoms with Gasteiger partial charge in [0.25, 0.3) is 0 Å². The van der Waals surface area contributed by atoms with Crippen LogP contribution in [0.15, 0.2) is 11.6 Å². The number of fused-ring (bicyclic) bond motifs is 1. The third-order valence-corrected chi connectivity index (χ3v) is 12.0. The van der Waals surface area contributed by atoms with Gasteiger partial charge in [0.1, 0.15) is 17.6 Å². The third kappa shape index (κ3) is 6.28. The zero-order chi connectivity index (χ0) is 30.2. The van der Waals surface area contributed by atoms with Crippen molar-refractivity contribution in [3.05, 3.63) is 11.6 Å². The number of hydrogen-bond donors (Lipinski definition) is 0. The second kappa shape index (κ2) is 11.3. The normalized spacial score (nSPS) is 30.5. The summed E-state index contributed by atoms with van der Waals surface area (Å²) in [6, 6.07) is 2.19. The molecular weight excluding hydrogens is 482 g/mol. The summed E-state index contributed by atoms with van der Waals surface area (Å²) in [5, 5.41) is 9.89. The van der Waals surface area contributed by atoms with Crippen LogP contribution in [-0.2, 0) is 14.4 Å². The predicted octanol–water partition coefficient (Wildman–Crippen LogP) is 9.07. The highest BCUT2D eigenvalue weighted by Crippen LogP contribution is 2.68. The number of ketones is 3. The molecular formula is C35H57NO3. The molecule has 2 aliphatic rings. The van der Waals surface area contributed by atoms with Crippen LogP contribution in [0, 0.1) is 55.7 Å². The third-order valence-electron chi connectivity index (χ3n) is 12.0. The van der Waals surface area contributed by atoms with E-state index in [4.69, 9.17) is 0 Å². The molecule has 220 valence electrons. The Labute approximate surface area is 239 Å². The molecule has 0 saturated heterocycles. The van der Waals surface area contributed by atoms with Crippen LogP contribution in [0.1, 0.15) is 141 Å². The molecule has 39 heavy (non-hydrogen) atoms. The lowest BCUT2D eigenvalue weighted by atomic mass is 9.39. The van der Waals surface area contributed by atoms with Gasteiger partial charge in [-0.2, -0.15) is 5.26 Å². The molecule has 4 nitrogen and oxygen atoms in total. The maximum Gasteiger partial charge on any atom is 0.178 e. The van der Waals surface area contributed by atoms with E-state index in [1.165, 1.54) is 0 Å². The van der Waals surface area contributed by atoms with Crippen molar-refractivity contribution in [2.24, 2.45) is 44.3 Å². The Morgan fingerprint density at radius 2 is 1.54 bits per heavy atom. The molecule has 0 unspecified atom stereocenters. The number of hydrogen-bond acceptors (Lipinski definition) is 4. The number of allylic oxidation sites excluding steroid dienone is 2. The molecule has 0 aromatic carbocycles. The molecule has 0 heterocycles. The zero-order valence-corrected chi connectivity index (χ0v) is 27.3. The Morgan fingerprint density at radius 3 is 2.03 bits per heavy atom. The highest BCUT2D eigenvalue weighted by Gasteiger charge is 2.63. The van der Waals surface area contributed by atoms with E-state index in [9.17, 15) is 19.6 Å². The van der Waals surface area contributed by atoms with Crippen molar-refractivity contribution in [3.63, 3.8) is 0 Å². The highest BCUT2D eigenvalue weighted by atomic mass is 16.1. The quantitative estimate of drug-likeness (QED) is 0.248. The second-order valence-corrected chi connectivity index (χ2v) is 16.0. The van der Waals surface area contributed by atoms with E-state index < -0.39 is 10.8 Å². The molecule has 2 aliphatic carbocycles. The first-order valence-electron chi connectivity index (χ1n) is 15.3. The molecule has 0 spiro atoms. The standard InChI is InChI=1S/C35H57NO3/c1-13-15-30(4,5)17-19-33(10,25(3)38)20-18-31(6,7)35(12)16-14-27-32(8,9)29(39)26(23-36)22-34(27,11)28(35)21-24(2)37/h22,27-28H,13-21H2,1-12H3/t27-,28+,33-,34-,35+/m0/s1. The topological polar surface area (TPSA) is 75.0 Å². The zero-order valence-electron chi connectivity index (χ0n) is 27.3. The average molecular weight is 540 g/mol. The number of rotatable bonds is 12. The fourth-order valence-corrected chi connectivity index (χ4v) is 8.47.